The van der Waals surface area contributed by atoms with Crippen LogP contribution in [0.15, 0.2) is 18.2 Å². The van der Waals surface area contributed by atoms with Gasteiger partial charge in [0.25, 0.3) is 0 Å². The van der Waals surface area contributed by atoms with Gasteiger partial charge in [0, 0.05) is 12.6 Å². The van der Waals surface area contributed by atoms with E-state index in [4.69, 9.17) is 4.74 Å². The fourth-order valence-corrected chi connectivity index (χ4v) is 1.28. The summed E-state index contributed by atoms with van der Waals surface area (Å²) in [5, 5.41) is 2.95. The van der Waals surface area contributed by atoms with Gasteiger partial charge in [-0.3, -0.25) is 0 Å². The van der Waals surface area contributed by atoms with Crippen LogP contribution in [0.3, 0.4) is 0 Å². The summed E-state index contributed by atoms with van der Waals surface area (Å²) < 4.78 is 31.0. The van der Waals surface area contributed by atoms with Crippen LogP contribution in [0, 0.1) is 11.6 Å². The summed E-state index contributed by atoms with van der Waals surface area (Å²) in [6.45, 7) is 2.82. The molecule has 0 saturated carbocycles. The lowest BCUT2D eigenvalue weighted by molar-refractivity contribution is 0.0542. The molecule has 1 aromatic rings. The fraction of sp³-hybridized carbons (Fsp3) is 0.455. The highest BCUT2D eigenvalue weighted by atomic mass is 19.1. The summed E-state index contributed by atoms with van der Waals surface area (Å²) in [5.74, 6) is -1.15. The third-order valence-corrected chi connectivity index (χ3v) is 1.95. The molecule has 0 radical (unpaired) electrons. The average Bonchev–Trinajstić information content (AvgIpc) is 2.14. The minimum Gasteiger partial charge on any atom is -0.373 e. The average molecular weight is 215 g/mol. The van der Waals surface area contributed by atoms with Crippen LogP contribution < -0.4 is 5.32 Å². The molecule has 1 atom stereocenters. The highest BCUT2D eigenvalue weighted by Gasteiger charge is 2.04. The Balaban J connectivity index is 2.50. The molecule has 1 rings (SSSR count). The van der Waals surface area contributed by atoms with Crippen molar-refractivity contribution >= 4 is 0 Å². The molecule has 0 aromatic heterocycles. The monoisotopic (exact) mass is 215 g/mol. The Hall–Kier alpha value is -1.00. The van der Waals surface area contributed by atoms with E-state index in [0.717, 1.165) is 6.07 Å². The van der Waals surface area contributed by atoms with Gasteiger partial charge >= 0.3 is 0 Å². The van der Waals surface area contributed by atoms with Crippen molar-refractivity contribution in [3.8, 4) is 0 Å². The number of rotatable bonds is 5. The Kier molecular flexibility index (Phi) is 4.65. The van der Waals surface area contributed by atoms with Crippen molar-refractivity contribution in [2.24, 2.45) is 0 Å². The van der Waals surface area contributed by atoms with E-state index in [1.165, 1.54) is 12.1 Å². The van der Waals surface area contributed by atoms with Gasteiger partial charge < -0.3 is 10.1 Å². The van der Waals surface area contributed by atoms with Crippen LogP contribution >= 0.6 is 0 Å². The number of likely N-dealkylation sites (N-methyl/N-ethyl adjacent to an activating group) is 1. The first-order chi connectivity index (χ1) is 7.11. The number of hydrogen-bond donors (Lipinski definition) is 1. The van der Waals surface area contributed by atoms with Crippen LogP contribution in [-0.2, 0) is 11.3 Å². The molecule has 0 amide bonds. The number of halogens is 2. The topological polar surface area (TPSA) is 21.3 Å². The molecule has 0 saturated heterocycles. The van der Waals surface area contributed by atoms with E-state index in [2.05, 4.69) is 5.32 Å². The molecule has 15 heavy (non-hydrogen) atoms. The molecule has 1 N–H and O–H groups in total. The van der Waals surface area contributed by atoms with Crippen LogP contribution in [0.5, 0.6) is 0 Å². The number of ether oxygens (including phenoxy) is 1. The van der Waals surface area contributed by atoms with E-state index in [1.807, 2.05) is 14.0 Å². The first-order valence-electron chi connectivity index (χ1n) is 4.83. The van der Waals surface area contributed by atoms with Crippen LogP contribution in [-0.4, -0.2) is 19.7 Å². The Morgan fingerprint density at radius 1 is 1.27 bits per heavy atom. The number of nitrogens with one attached hydrogen (secondary N) is 1. The van der Waals surface area contributed by atoms with E-state index in [-0.39, 0.29) is 12.7 Å². The van der Waals surface area contributed by atoms with Gasteiger partial charge in [-0.25, -0.2) is 8.78 Å². The zero-order chi connectivity index (χ0) is 11.3. The highest BCUT2D eigenvalue weighted by Crippen LogP contribution is 2.09. The van der Waals surface area contributed by atoms with Gasteiger partial charge in [-0.15, -0.1) is 0 Å². The Labute approximate surface area is 88.3 Å². The molecule has 1 unspecified atom stereocenters. The standard InChI is InChI=1S/C11H15F2NO/c1-8(6-14-2)15-7-9-3-10(12)5-11(13)4-9/h3-5,8,14H,6-7H2,1-2H3. The molecule has 2 nitrogen and oxygen atoms in total. The quantitative estimate of drug-likeness (QED) is 0.812. The second-order valence-electron chi connectivity index (χ2n) is 3.46. The molecule has 0 heterocycles. The molecule has 0 aliphatic carbocycles. The zero-order valence-electron chi connectivity index (χ0n) is 8.89. The first kappa shape index (κ1) is 12.1. The molecule has 0 fully saturated rings. The normalized spacial score (nSPS) is 12.8. The smallest absolute Gasteiger partial charge is 0.126 e. The fourth-order valence-electron chi connectivity index (χ4n) is 1.28. The molecule has 0 spiro atoms. The van der Waals surface area contributed by atoms with E-state index in [9.17, 15) is 8.78 Å². The SMILES string of the molecule is CNCC(C)OCc1cc(F)cc(F)c1. The zero-order valence-corrected chi connectivity index (χ0v) is 8.89. The Morgan fingerprint density at radius 3 is 2.40 bits per heavy atom. The predicted molar refractivity (Wildman–Crippen MR) is 54.5 cm³/mol. The third-order valence-electron chi connectivity index (χ3n) is 1.95. The minimum atomic E-state index is -0.574. The maximum absolute atomic E-state index is 12.8. The molecular formula is C11H15F2NO. The molecule has 84 valence electrons. The van der Waals surface area contributed by atoms with Crippen molar-refractivity contribution in [3.05, 3.63) is 35.4 Å². The Bertz CT molecular complexity index is 297. The lowest BCUT2D eigenvalue weighted by atomic mass is 10.2. The summed E-state index contributed by atoms with van der Waals surface area (Å²) in [6.07, 6.45) is 0.0151. The molecule has 0 aliphatic rings. The molecular weight excluding hydrogens is 200 g/mol. The predicted octanol–water partition coefficient (Wildman–Crippen LogP) is 2.09. The van der Waals surface area contributed by atoms with Crippen molar-refractivity contribution in [1.29, 1.82) is 0 Å². The highest BCUT2D eigenvalue weighted by molar-refractivity contribution is 5.16. The van der Waals surface area contributed by atoms with Crippen molar-refractivity contribution in [3.63, 3.8) is 0 Å². The van der Waals surface area contributed by atoms with Crippen LogP contribution in [0.4, 0.5) is 8.78 Å². The van der Waals surface area contributed by atoms with Gasteiger partial charge in [0.1, 0.15) is 11.6 Å². The van der Waals surface area contributed by atoms with Gasteiger partial charge in [-0.1, -0.05) is 0 Å². The van der Waals surface area contributed by atoms with E-state index >= 15 is 0 Å². The summed E-state index contributed by atoms with van der Waals surface area (Å²) >= 11 is 0. The second-order valence-corrected chi connectivity index (χ2v) is 3.46. The van der Waals surface area contributed by atoms with Gasteiger partial charge in [0.15, 0.2) is 0 Å². The van der Waals surface area contributed by atoms with Gasteiger partial charge in [-0.05, 0) is 31.7 Å². The summed E-state index contributed by atoms with van der Waals surface area (Å²) in [7, 11) is 1.82. The number of hydrogen-bond acceptors (Lipinski definition) is 2. The lowest BCUT2D eigenvalue weighted by Crippen LogP contribution is -2.23. The summed E-state index contributed by atoms with van der Waals surface area (Å²) in [5.41, 5.74) is 0.510. The second kappa shape index (κ2) is 5.78. The summed E-state index contributed by atoms with van der Waals surface area (Å²) in [4.78, 5) is 0. The van der Waals surface area contributed by atoms with E-state index in [1.54, 1.807) is 0 Å². The maximum Gasteiger partial charge on any atom is 0.126 e. The van der Waals surface area contributed by atoms with Crippen LogP contribution in [0.1, 0.15) is 12.5 Å². The van der Waals surface area contributed by atoms with Crippen molar-refractivity contribution in [1.82, 2.24) is 5.32 Å². The van der Waals surface area contributed by atoms with Crippen molar-refractivity contribution in [2.75, 3.05) is 13.6 Å². The van der Waals surface area contributed by atoms with Crippen LogP contribution in [0.25, 0.3) is 0 Å². The summed E-state index contributed by atoms with van der Waals surface area (Å²) in [6, 6.07) is 3.39. The van der Waals surface area contributed by atoms with Gasteiger partial charge in [0.05, 0.1) is 12.7 Å². The molecule has 1 aromatic carbocycles. The third kappa shape index (κ3) is 4.36. The van der Waals surface area contributed by atoms with E-state index in [0.29, 0.717) is 12.1 Å². The van der Waals surface area contributed by atoms with Gasteiger partial charge in [-0.2, -0.15) is 0 Å². The number of benzene rings is 1. The van der Waals surface area contributed by atoms with Crippen LogP contribution in [0.2, 0.25) is 0 Å². The minimum absolute atomic E-state index is 0.0151. The van der Waals surface area contributed by atoms with Crippen molar-refractivity contribution in [2.45, 2.75) is 19.6 Å². The lowest BCUT2D eigenvalue weighted by Gasteiger charge is -2.12. The molecule has 0 aliphatic heterocycles. The first-order valence-corrected chi connectivity index (χ1v) is 4.83. The van der Waals surface area contributed by atoms with Crippen molar-refractivity contribution < 1.29 is 13.5 Å². The Morgan fingerprint density at radius 2 is 1.87 bits per heavy atom. The van der Waals surface area contributed by atoms with E-state index < -0.39 is 11.6 Å². The largest absolute Gasteiger partial charge is 0.373 e. The molecule has 0 bridgehead atoms. The maximum atomic E-state index is 12.8. The van der Waals surface area contributed by atoms with Gasteiger partial charge in [0.2, 0.25) is 0 Å². The molecule has 4 heteroatoms.